The molecule has 1 aliphatic heterocycles. The van der Waals surface area contributed by atoms with E-state index in [0.717, 1.165) is 6.42 Å². The molecule has 0 spiro atoms. The third kappa shape index (κ3) is 3.57. The lowest BCUT2D eigenvalue weighted by Gasteiger charge is -2.07. The third-order valence-corrected chi connectivity index (χ3v) is 3.15. The topological polar surface area (TPSA) is 38.8 Å². The number of hydrogen-bond donors (Lipinski definition) is 0. The van der Waals surface area contributed by atoms with E-state index in [1.165, 1.54) is 18.4 Å². The van der Waals surface area contributed by atoms with Crippen LogP contribution in [-0.4, -0.2) is 24.8 Å². The zero-order chi connectivity index (χ0) is 13.0. The summed E-state index contributed by atoms with van der Waals surface area (Å²) in [7, 11) is 0. The minimum absolute atomic E-state index is 0.239. The van der Waals surface area contributed by atoms with Crippen molar-refractivity contribution in [1.29, 1.82) is 0 Å². The van der Waals surface area contributed by atoms with Crippen LogP contribution in [-0.2, 0) is 15.9 Å². The fourth-order valence-corrected chi connectivity index (χ4v) is 1.70. The maximum atomic E-state index is 11.8. The van der Waals surface area contributed by atoms with Crippen LogP contribution in [0.5, 0.6) is 0 Å². The average molecular weight is 248 g/mol. The highest BCUT2D eigenvalue weighted by Gasteiger charge is 2.40. The predicted molar refractivity (Wildman–Crippen MR) is 69.7 cm³/mol. The van der Waals surface area contributed by atoms with Crippen LogP contribution in [0, 0.1) is 0 Å². The van der Waals surface area contributed by atoms with Gasteiger partial charge in [0.05, 0.1) is 12.2 Å². The van der Waals surface area contributed by atoms with Crippen LogP contribution >= 0.6 is 0 Å². The van der Waals surface area contributed by atoms with Crippen LogP contribution in [0.3, 0.4) is 0 Å². The number of carbonyl (C=O) groups is 1. The maximum Gasteiger partial charge on any atom is 0.338 e. The molecule has 1 aliphatic rings. The molecule has 1 unspecified atom stereocenters. The molecule has 1 aromatic rings. The molecule has 1 saturated heterocycles. The molecule has 3 heteroatoms. The van der Waals surface area contributed by atoms with Gasteiger partial charge in [-0.05, 0) is 37.5 Å². The normalized spacial score (nSPS) is 21.7. The lowest BCUT2D eigenvalue weighted by Crippen LogP contribution is -2.18. The Morgan fingerprint density at radius 3 is 2.61 bits per heavy atom. The summed E-state index contributed by atoms with van der Waals surface area (Å²) >= 11 is 0. The number of ether oxygens (including phenoxy) is 2. The lowest BCUT2D eigenvalue weighted by atomic mass is 10.1. The summed E-state index contributed by atoms with van der Waals surface area (Å²) < 4.78 is 10.4. The molecule has 1 fully saturated rings. The number of epoxide rings is 1. The molecule has 2 rings (SSSR count). The third-order valence-electron chi connectivity index (χ3n) is 3.15. The van der Waals surface area contributed by atoms with E-state index in [0.29, 0.717) is 18.8 Å². The number of hydrogen-bond acceptors (Lipinski definition) is 3. The summed E-state index contributed by atoms with van der Waals surface area (Å²) in [6.07, 6.45) is 3.43. The summed E-state index contributed by atoms with van der Waals surface area (Å²) in [6, 6.07) is 7.68. The molecular weight excluding hydrogens is 228 g/mol. The Morgan fingerprint density at radius 2 is 2.06 bits per heavy atom. The SMILES string of the molecule is CCCCc1ccc(C(=O)OCC2(C)CO2)cc1. The van der Waals surface area contributed by atoms with Crippen LogP contribution in [0.2, 0.25) is 0 Å². The fourth-order valence-electron chi connectivity index (χ4n) is 1.70. The summed E-state index contributed by atoms with van der Waals surface area (Å²) in [4.78, 5) is 11.8. The molecule has 0 radical (unpaired) electrons. The summed E-state index contributed by atoms with van der Waals surface area (Å²) in [6.45, 7) is 5.13. The van der Waals surface area contributed by atoms with Gasteiger partial charge in [0.1, 0.15) is 12.2 Å². The highest BCUT2D eigenvalue weighted by Crippen LogP contribution is 2.26. The van der Waals surface area contributed by atoms with Crippen LogP contribution in [0.1, 0.15) is 42.6 Å². The van der Waals surface area contributed by atoms with E-state index >= 15 is 0 Å². The molecule has 0 N–H and O–H groups in total. The van der Waals surface area contributed by atoms with Gasteiger partial charge in [-0.15, -0.1) is 0 Å². The molecule has 0 bridgehead atoms. The standard InChI is InChI=1S/C15H20O3/c1-3-4-5-12-6-8-13(9-7-12)14(16)17-10-15(2)11-18-15/h6-9H,3-5,10-11H2,1-2H3. The first-order valence-electron chi connectivity index (χ1n) is 6.53. The lowest BCUT2D eigenvalue weighted by molar-refractivity contribution is 0.0411. The van der Waals surface area contributed by atoms with Crippen LogP contribution in [0.25, 0.3) is 0 Å². The van der Waals surface area contributed by atoms with Crippen molar-refractivity contribution in [3.8, 4) is 0 Å². The second kappa shape index (κ2) is 5.53. The molecule has 1 aromatic carbocycles. The number of carbonyl (C=O) groups excluding carboxylic acids is 1. The highest BCUT2D eigenvalue weighted by molar-refractivity contribution is 5.89. The smallest absolute Gasteiger partial charge is 0.338 e. The number of rotatable bonds is 6. The second-order valence-electron chi connectivity index (χ2n) is 5.12. The van der Waals surface area contributed by atoms with E-state index in [1.807, 2.05) is 31.2 Å². The number of unbranched alkanes of at least 4 members (excludes halogenated alkanes) is 1. The van der Waals surface area contributed by atoms with Crippen molar-refractivity contribution in [2.75, 3.05) is 13.2 Å². The molecule has 0 saturated carbocycles. The summed E-state index contributed by atoms with van der Waals surface area (Å²) in [5.74, 6) is -0.270. The zero-order valence-electron chi connectivity index (χ0n) is 11.1. The van der Waals surface area contributed by atoms with Crippen LogP contribution in [0.15, 0.2) is 24.3 Å². The van der Waals surface area contributed by atoms with Gasteiger partial charge in [0.25, 0.3) is 0 Å². The fraction of sp³-hybridized carbons (Fsp3) is 0.533. The number of benzene rings is 1. The molecule has 1 heterocycles. The Morgan fingerprint density at radius 1 is 1.39 bits per heavy atom. The molecule has 98 valence electrons. The van der Waals surface area contributed by atoms with Gasteiger partial charge in [0.15, 0.2) is 0 Å². The Balaban J connectivity index is 1.85. The maximum absolute atomic E-state index is 11.8. The molecule has 18 heavy (non-hydrogen) atoms. The van der Waals surface area contributed by atoms with Crippen molar-refractivity contribution in [2.45, 2.75) is 38.7 Å². The van der Waals surface area contributed by atoms with E-state index in [4.69, 9.17) is 9.47 Å². The summed E-state index contributed by atoms with van der Waals surface area (Å²) in [5.41, 5.74) is 1.64. The number of esters is 1. The Hall–Kier alpha value is -1.35. The highest BCUT2D eigenvalue weighted by atomic mass is 16.6. The largest absolute Gasteiger partial charge is 0.459 e. The van der Waals surface area contributed by atoms with Gasteiger partial charge in [-0.2, -0.15) is 0 Å². The minimum Gasteiger partial charge on any atom is -0.459 e. The average Bonchev–Trinajstić information content (AvgIpc) is 3.13. The monoisotopic (exact) mass is 248 g/mol. The van der Waals surface area contributed by atoms with Crippen LogP contribution < -0.4 is 0 Å². The molecule has 0 aromatic heterocycles. The van der Waals surface area contributed by atoms with Crippen molar-refractivity contribution in [1.82, 2.24) is 0 Å². The van der Waals surface area contributed by atoms with E-state index in [1.54, 1.807) is 0 Å². The van der Waals surface area contributed by atoms with E-state index in [2.05, 4.69) is 6.92 Å². The number of aryl methyl sites for hydroxylation is 1. The van der Waals surface area contributed by atoms with Gasteiger partial charge in [-0.1, -0.05) is 25.5 Å². The summed E-state index contributed by atoms with van der Waals surface area (Å²) in [5, 5.41) is 0. The molecule has 1 atom stereocenters. The van der Waals surface area contributed by atoms with Crippen molar-refractivity contribution in [3.63, 3.8) is 0 Å². The second-order valence-corrected chi connectivity index (χ2v) is 5.12. The molecule has 0 amide bonds. The van der Waals surface area contributed by atoms with E-state index < -0.39 is 0 Å². The van der Waals surface area contributed by atoms with Crippen molar-refractivity contribution in [2.24, 2.45) is 0 Å². The van der Waals surface area contributed by atoms with Gasteiger partial charge >= 0.3 is 5.97 Å². The molecule has 0 aliphatic carbocycles. The van der Waals surface area contributed by atoms with Gasteiger partial charge < -0.3 is 9.47 Å². The Labute approximate surface area is 108 Å². The van der Waals surface area contributed by atoms with Gasteiger partial charge in [-0.3, -0.25) is 0 Å². The predicted octanol–water partition coefficient (Wildman–Crippen LogP) is 2.97. The Bertz CT molecular complexity index is 404. The molecular formula is C15H20O3. The zero-order valence-corrected chi connectivity index (χ0v) is 11.1. The van der Waals surface area contributed by atoms with Gasteiger partial charge in [0, 0.05) is 0 Å². The van der Waals surface area contributed by atoms with E-state index in [-0.39, 0.29) is 11.6 Å². The van der Waals surface area contributed by atoms with Gasteiger partial charge in [-0.25, -0.2) is 4.79 Å². The first-order valence-corrected chi connectivity index (χ1v) is 6.53. The van der Waals surface area contributed by atoms with Gasteiger partial charge in [0.2, 0.25) is 0 Å². The van der Waals surface area contributed by atoms with E-state index in [9.17, 15) is 4.79 Å². The van der Waals surface area contributed by atoms with Crippen molar-refractivity contribution in [3.05, 3.63) is 35.4 Å². The van der Waals surface area contributed by atoms with Crippen LogP contribution in [0.4, 0.5) is 0 Å². The van der Waals surface area contributed by atoms with Crippen molar-refractivity contribution < 1.29 is 14.3 Å². The quantitative estimate of drug-likeness (QED) is 0.574. The first kappa shape index (κ1) is 13.1. The molecule has 3 nitrogen and oxygen atoms in total. The van der Waals surface area contributed by atoms with Crippen molar-refractivity contribution >= 4 is 5.97 Å². The minimum atomic E-state index is -0.270. The Kier molecular flexibility index (Phi) is 4.02. The first-order chi connectivity index (χ1) is 8.63.